The molecule has 4 heteroatoms. The van der Waals surface area contributed by atoms with Crippen molar-refractivity contribution < 1.29 is 0 Å². The number of likely N-dealkylation sites (N-methyl/N-ethyl adjacent to an activating group) is 1. The van der Waals surface area contributed by atoms with Gasteiger partial charge in [-0.15, -0.1) is 0 Å². The number of nitrogens with zero attached hydrogens (tertiary/aromatic N) is 3. The van der Waals surface area contributed by atoms with Crippen molar-refractivity contribution in [2.45, 2.75) is 6.54 Å². The Kier molecular flexibility index (Phi) is 3.09. The number of pyridine rings is 1. The molecule has 0 bridgehead atoms. The Morgan fingerprint density at radius 2 is 2.33 bits per heavy atom. The molecule has 0 atom stereocenters. The molecule has 4 nitrogen and oxygen atoms in total. The minimum absolute atomic E-state index is 0.905. The fourth-order valence-corrected chi connectivity index (χ4v) is 1.46. The van der Waals surface area contributed by atoms with Crippen LogP contribution in [0, 0.1) is 0 Å². The van der Waals surface area contributed by atoms with Crippen molar-refractivity contribution in [1.82, 2.24) is 19.9 Å². The van der Waals surface area contributed by atoms with Gasteiger partial charge in [-0.05, 0) is 19.2 Å². The SMILES string of the molecule is CNCCn1cncc1-c1ccccn1. The van der Waals surface area contributed by atoms with Gasteiger partial charge in [0, 0.05) is 19.3 Å². The molecule has 78 valence electrons. The van der Waals surface area contributed by atoms with E-state index < -0.39 is 0 Å². The summed E-state index contributed by atoms with van der Waals surface area (Å²) in [4.78, 5) is 8.46. The summed E-state index contributed by atoms with van der Waals surface area (Å²) >= 11 is 0. The summed E-state index contributed by atoms with van der Waals surface area (Å²) in [5.74, 6) is 0. The van der Waals surface area contributed by atoms with E-state index in [4.69, 9.17) is 0 Å². The molecule has 0 saturated heterocycles. The van der Waals surface area contributed by atoms with Gasteiger partial charge < -0.3 is 9.88 Å². The monoisotopic (exact) mass is 202 g/mol. The topological polar surface area (TPSA) is 42.7 Å². The van der Waals surface area contributed by atoms with Gasteiger partial charge in [0.2, 0.25) is 0 Å². The Bertz CT molecular complexity index is 408. The van der Waals surface area contributed by atoms with Gasteiger partial charge in [0.15, 0.2) is 0 Å². The van der Waals surface area contributed by atoms with Crippen molar-refractivity contribution >= 4 is 0 Å². The van der Waals surface area contributed by atoms with E-state index in [9.17, 15) is 0 Å². The Hall–Kier alpha value is -1.68. The number of rotatable bonds is 4. The first-order valence-corrected chi connectivity index (χ1v) is 4.98. The average Bonchev–Trinajstić information content (AvgIpc) is 2.75. The second-order valence-electron chi connectivity index (χ2n) is 3.29. The molecule has 0 radical (unpaired) electrons. The zero-order valence-corrected chi connectivity index (χ0v) is 8.72. The molecule has 2 heterocycles. The summed E-state index contributed by atoms with van der Waals surface area (Å²) in [6, 6.07) is 5.89. The predicted molar refractivity (Wildman–Crippen MR) is 59.4 cm³/mol. The third-order valence-electron chi connectivity index (χ3n) is 2.24. The van der Waals surface area contributed by atoms with E-state index in [1.807, 2.05) is 37.8 Å². The highest BCUT2D eigenvalue weighted by Crippen LogP contribution is 2.14. The Morgan fingerprint density at radius 1 is 1.40 bits per heavy atom. The maximum absolute atomic E-state index is 4.31. The van der Waals surface area contributed by atoms with Crippen LogP contribution in [-0.2, 0) is 6.54 Å². The average molecular weight is 202 g/mol. The highest BCUT2D eigenvalue weighted by Gasteiger charge is 2.04. The first kappa shape index (κ1) is 9.86. The van der Waals surface area contributed by atoms with Gasteiger partial charge >= 0.3 is 0 Å². The summed E-state index contributed by atoms with van der Waals surface area (Å²) in [6.45, 7) is 1.83. The number of aromatic nitrogens is 3. The summed E-state index contributed by atoms with van der Waals surface area (Å²) in [6.07, 6.45) is 5.48. The third-order valence-corrected chi connectivity index (χ3v) is 2.24. The second kappa shape index (κ2) is 4.70. The second-order valence-corrected chi connectivity index (χ2v) is 3.29. The van der Waals surface area contributed by atoms with Crippen LogP contribution >= 0.6 is 0 Å². The quantitative estimate of drug-likeness (QED) is 0.809. The van der Waals surface area contributed by atoms with E-state index in [-0.39, 0.29) is 0 Å². The minimum Gasteiger partial charge on any atom is -0.328 e. The summed E-state index contributed by atoms with van der Waals surface area (Å²) in [7, 11) is 1.94. The molecule has 0 amide bonds. The highest BCUT2D eigenvalue weighted by atomic mass is 15.1. The number of imidazole rings is 1. The van der Waals surface area contributed by atoms with Gasteiger partial charge in [-0.1, -0.05) is 6.07 Å². The van der Waals surface area contributed by atoms with Crippen LogP contribution in [0.5, 0.6) is 0 Å². The van der Waals surface area contributed by atoms with Crippen LogP contribution < -0.4 is 5.32 Å². The van der Waals surface area contributed by atoms with E-state index in [1.165, 1.54) is 0 Å². The number of hydrogen-bond acceptors (Lipinski definition) is 3. The number of hydrogen-bond donors (Lipinski definition) is 1. The third kappa shape index (κ3) is 2.22. The van der Waals surface area contributed by atoms with Gasteiger partial charge in [-0.3, -0.25) is 4.98 Å². The smallest absolute Gasteiger partial charge is 0.0951 e. The molecule has 0 aliphatic carbocycles. The first-order valence-electron chi connectivity index (χ1n) is 4.98. The van der Waals surface area contributed by atoms with E-state index in [0.29, 0.717) is 0 Å². The molecule has 0 fully saturated rings. The maximum atomic E-state index is 4.31. The number of nitrogens with one attached hydrogen (secondary N) is 1. The Morgan fingerprint density at radius 3 is 3.07 bits per heavy atom. The Labute approximate surface area is 89.0 Å². The van der Waals surface area contributed by atoms with Crippen LogP contribution in [0.1, 0.15) is 0 Å². The van der Waals surface area contributed by atoms with E-state index >= 15 is 0 Å². The van der Waals surface area contributed by atoms with Crippen LogP contribution in [0.15, 0.2) is 36.9 Å². The van der Waals surface area contributed by atoms with E-state index in [0.717, 1.165) is 24.5 Å². The lowest BCUT2D eigenvalue weighted by Crippen LogP contribution is -2.15. The lowest BCUT2D eigenvalue weighted by atomic mass is 10.3. The fraction of sp³-hybridized carbons (Fsp3) is 0.273. The molecule has 0 saturated carbocycles. The van der Waals surface area contributed by atoms with Crippen LogP contribution in [-0.4, -0.2) is 28.1 Å². The fourth-order valence-electron chi connectivity index (χ4n) is 1.46. The lowest BCUT2D eigenvalue weighted by Gasteiger charge is -2.06. The zero-order valence-electron chi connectivity index (χ0n) is 8.72. The van der Waals surface area contributed by atoms with Crippen LogP contribution in [0.2, 0.25) is 0 Å². The standard InChI is InChI=1S/C11H14N4/c1-12-6-7-15-9-13-8-11(15)10-4-2-3-5-14-10/h2-5,8-9,12H,6-7H2,1H3. The van der Waals surface area contributed by atoms with Gasteiger partial charge in [0.25, 0.3) is 0 Å². The summed E-state index contributed by atoms with van der Waals surface area (Å²) < 4.78 is 2.10. The molecule has 0 unspecified atom stereocenters. The highest BCUT2D eigenvalue weighted by molar-refractivity contribution is 5.52. The molecular weight excluding hydrogens is 188 g/mol. The molecule has 0 aliphatic heterocycles. The van der Waals surface area contributed by atoms with Crippen LogP contribution in [0.3, 0.4) is 0 Å². The van der Waals surface area contributed by atoms with Crippen molar-refractivity contribution in [2.75, 3.05) is 13.6 Å². The molecule has 0 aromatic carbocycles. The van der Waals surface area contributed by atoms with Gasteiger partial charge in [-0.2, -0.15) is 0 Å². The molecule has 2 aromatic heterocycles. The van der Waals surface area contributed by atoms with Gasteiger partial charge in [0.05, 0.1) is 23.9 Å². The first-order chi connectivity index (χ1) is 7.42. The van der Waals surface area contributed by atoms with Crippen LogP contribution in [0.4, 0.5) is 0 Å². The molecule has 0 spiro atoms. The molecule has 0 aliphatic rings. The van der Waals surface area contributed by atoms with Crippen molar-refractivity contribution in [3.05, 3.63) is 36.9 Å². The molecule has 2 aromatic rings. The predicted octanol–water partition coefficient (Wildman–Crippen LogP) is 1.16. The summed E-state index contributed by atoms with van der Waals surface area (Å²) in [5.41, 5.74) is 2.02. The van der Waals surface area contributed by atoms with Crippen LogP contribution in [0.25, 0.3) is 11.4 Å². The van der Waals surface area contributed by atoms with Crippen molar-refractivity contribution in [2.24, 2.45) is 0 Å². The molecule has 2 rings (SSSR count). The Balaban J connectivity index is 2.25. The molecule has 1 N–H and O–H groups in total. The molecular formula is C11H14N4. The van der Waals surface area contributed by atoms with Crippen molar-refractivity contribution in [1.29, 1.82) is 0 Å². The minimum atomic E-state index is 0.905. The van der Waals surface area contributed by atoms with Gasteiger partial charge in [0.1, 0.15) is 0 Å². The van der Waals surface area contributed by atoms with Crippen molar-refractivity contribution in [3.8, 4) is 11.4 Å². The van der Waals surface area contributed by atoms with E-state index in [1.54, 1.807) is 6.20 Å². The maximum Gasteiger partial charge on any atom is 0.0951 e. The zero-order chi connectivity index (χ0) is 10.5. The summed E-state index contributed by atoms with van der Waals surface area (Å²) in [5, 5.41) is 3.12. The molecule has 15 heavy (non-hydrogen) atoms. The lowest BCUT2D eigenvalue weighted by molar-refractivity contribution is 0.648. The largest absolute Gasteiger partial charge is 0.328 e. The van der Waals surface area contributed by atoms with E-state index in [2.05, 4.69) is 19.9 Å². The normalized spacial score (nSPS) is 10.5. The van der Waals surface area contributed by atoms with Gasteiger partial charge in [-0.25, -0.2) is 4.98 Å². The van der Waals surface area contributed by atoms with Crippen molar-refractivity contribution in [3.63, 3.8) is 0 Å².